The predicted octanol–water partition coefficient (Wildman–Crippen LogP) is 2.67. The second-order valence-electron chi connectivity index (χ2n) is 9.13. The van der Waals surface area contributed by atoms with Crippen molar-refractivity contribution in [1.82, 2.24) is 9.21 Å². The Balaban J connectivity index is 1.53. The van der Waals surface area contributed by atoms with Gasteiger partial charge in [-0.15, -0.1) is 0 Å². The number of para-hydroxylation sites is 2. The molecule has 1 saturated heterocycles. The van der Waals surface area contributed by atoms with E-state index in [9.17, 15) is 22.4 Å². The zero-order chi connectivity index (χ0) is 24.7. The quantitative estimate of drug-likeness (QED) is 0.715. The number of fused-ring (bicyclic) bond motifs is 1. The fourth-order valence-electron chi connectivity index (χ4n) is 4.49. The van der Waals surface area contributed by atoms with Crippen LogP contribution in [0.3, 0.4) is 0 Å². The van der Waals surface area contributed by atoms with E-state index in [0.717, 1.165) is 12.1 Å². The molecule has 0 saturated carbocycles. The molecule has 0 aliphatic carbocycles. The second-order valence-corrected chi connectivity index (χ2v) is 11.1. The number of halogens is 1. The highest BCUT2D eigenvalue weighted by atomic mass is 32.2. The van der Waals surface area contributed by atoms with Gasteiger partial charge in [0.2, 0.25) is 21.8 Å². The number of nitrogens with one attached hydrogen (secondary N) is 1. The third kappa shape index (κ3) is 4.33. The van der Waals surface area contributed by atoms with Crippen molar-refractivity contribution in [2.24, 2.45) is 0 Å². The van der Waals surface area contributed by atoms with E-state index in [0.29, 0.717) is 37.4 Å². The van der Waals surface area contributed by atoms with Gasteiger partial charge >= 0.3 is 0 Å². The average molecular weight is 489 g/mol. The van der Waals surface area contributed by atoms with Gasteiger partial charge in [0.15, 0.2) is 0 Å². The van der Waals surface area contributed by atoms with Crippen molar-refractivity contribution >= 4 is 33.2 Å². The molecule has 0 radical (unpaired) electrons. The maximum absolute atomic E-state index is 13.7. The molecule has 1 fully saturated rings. The highest BCUT2D eigenvalue weighted by Gasteiger charge is 2.45. The molecule has 0 spiro atoms. The summed E-state index contributed by atoms with van der Waals surface area (Å²) in [5.41, 5.74) is 0.142. The summed E-state index contributed by atoms with van der Waals surface area (Å²) in [6, 6.07) is 11.4. The average Bonchev–Trinajstić information content (AvgIpc) is 3.06. The number of sulfonamides is 1. The molecule has 2 aromatic rings. The fraction of sp³-hybridized carbons (Fsp3) is 0.417. The summed E-state index contributed by atoms with van der Waals surface area (Å²) in [7, 11) is -3.77. The minimum atomic E-state index is -3.77. The Morgan fingerprint density at radius 2 is 1.71 bits per heavy atom. The molecule has 34 heavy (non-hydrogen) atoms. The van der Waals surface area contributed by atoms with E-state index >= 15 is 0 Å². The first-order valence-electron chi connectivity index (χ1n) is 11.3. The Hall–Kier alpha value is -2.82. The number of anilines is 2. The first-order chi connectivity index (χ1) is 16.0. The number of hydrogen-bond acceptors (Lipinski definition) is 5. The van der Waals surface area contributed by atoms with Crippen molar-refractivity contribution < 1.29 is 22.4 Å². The molecule has 182 valence electrons. The topological polar surface area (TPSA) is 90.0 Å². The standard InChI is InChI=1S/C24H29FN4O4S/c1-17(22(30)29-21-8-5-4-7-20(21)26-23(31)24(29,2)3)27-13-6-14-28(16-15-27)34(32,33)19-11-9-18(25)10-12-19/h4-5,7-12,17H,6,13-16H2,1-3H3,(H,26,31)/t17-/m1/s1. The largest absolute Gasteiger partial charge is 0.322 e. The van der Waals surface area contributed by atoms with Gasteiger partial charge in [-0.25, -0.2) is 12.8 Å². The Kier molecular flexibility index (Phi) is 6.50. The Morgan fingerprint density at radius 3 is 2.41 bits per heavy atom. The van der Waals surface area contributed by atoms with E-state index in [2.05, 4.69) is 5.32 Å². The number of amides is 2. The van der Waals surface area contributed by atoms with Crippen LogP contribution in [0.25, 0.3) is 0 Å². The van der Waals surface area contributed by atoms with E-state index in [-0.39, 0.29) is 23.3 Å². The van der Waals surface area contributed by atoms with Gasteiger partial charge in [-0.3, -0.25) is 19.4 Å². The third-order valence-electron chi connectivity index (χ3n) is 6.57. The molecule has 1 N–H and O–H groups in total. The van der Waals surface area contributed by atoms with Crippen LogP contribution in [0.1, 0.15) is 27.2 Å². The van der Waals surface area contributed by atoms with Gasteiger partial charge in [-0.05, 0) is 63.6 Å². The molecule has 4 rings (SSSR count). The molecule has 2 aliphatic heterocycles. The number of carbonyl (C=O) groups excluding carboxylic acids is 2. The lowest BCUT2D eigenvalue weighted by Gasteiger charge is -2.44. The lowest BCUT2D eigenvalue weighted by Crippen LogP contribution is -2.62. The summed E-state index contributed by atoms with van der Waals surface area (Å²) in [5.74, 6) is -0.981. The maximum atomic E-state index is 13.7. The zero-order valence-electron chi connectivity index (χ0n) is 19.5. The SMILES string of the molecule is C[C@H](C(=O)N1c2ccccc2NC(=O)C1(C)C)N1CCCN(S(=O)(=O)c2ccc(F)cc2)CC1. The fourth-order valence-corrected chi connectivity index (χ4v) is 5.96. The van der Waals surface area contributed by atoms with Gasteiger partial charge in [0, 0.05) is 26.2 Å². The lowest BCUT2D eigenvalue weighted by molar-refractivity contribution is -0.129. The van der Waals surface area contributed by atoms with Crippen LogP contribution in [0.5, 0.6) is 0 Å². The molecule has 1 atom stereocenters. The number of hydrogen-bond donors (Lipinski definition) is 1. The van der Waals surface area contributed by atoms with Crippen LogP contribution in [0.4, 0.5) is 15.8 Å². The summed E-state index contributed by atoms with van der Waals surface area (Å²) < 4.78 is 40.7. The summed E-state index contributed by atoms with van der Waals surface area (Å²) in [6.45, 7) is 6.61. The summed E-state index contributed by atoms with van der Waals surface area (Å²) >= 11 is 0. The molecule has 10 heteroatoms. The summed E-state index contributed by atoms with van der Waals surface area (Å²) in [6.07, 6.45) is 0.540. The van der Waals surface area contributed by atoms with Crippen LogP contribution in [0.2, 0.25) is 0 Å². The van der Waals surface area contributed by atoms with Gasteiger partial charge in [-0.1, -0.05) is 12.1 Å². The molecule has 0 unspecified atom stereocenters. The Labute approximate surface area is 199 Å². The van der Waals surface area contributed by atoms with Crippen molar-refractivity contribution in [3.05, 3.63) is 54.3 Å². The summed E-state index contributed by atoms with van der Waals surface area (Å²) in [5, 5.41) is 2.86. The van der Waals surface area contributed by atoms with Crippen LogP contribution in [0.15, 0.2) is 53.4 Å². The minimum Gasteiger partial charge on any atom is -0.322 e. The Morgan fingerprint density at radius 1 is 1.03 bits per heavy atom. The molecule has 0 bridgehead atoms. The van der Waals surface area contributed by atoms with Gasteiger partial charge < -0.3 is 5.32 Å². The van der Waals surface area contributed by atoms with Gasteiger partial charge in [-0.2, -0.15) is 4.31 Å². The normalized spacial score (nSPS) is 20.2. The lowest BCUT2D eigenvalue weighted by atomic mass is 9.95. The zero-order valence-corrected chi connectivity index (χ0v) is 20.3. The first kappa shape index (κ1) is 24.3. The molecular weight excluding hydrogens is 459 g/mol. The molecule has 8 nitrogen and oxygen atoms in total. The predicted molar refractivity (Wildman–Crippen MR) is 127 cm³/mol. The van der Waals surface area contributed by atoms with Crippen molar-refractivity contribution in [3.63, 3.8) is 0 Å². The molecule has 2 aliphatic rings. The van der Waals surface area contributed by atoms with Crippen LogP contribution < -0.4 is 10.2 Å². The summed E-state index contributed by atoms with van der Waals surface area (Å²) in [4.78, 5) is 30.0. The van der Waals surface area contributed by atoms with E-state index in [1.165, 1.54) is 16.4 Å². The molecular formula is C24H29FN4O4S. The Bertz CT molecular complexity index is 1200. The third-order valence-corrected chi connectivity index (χ3v) is 8.49. The van der Waals surface area contributed by atoms with Gasteiger partial charge in [0.1, 0.15) is 11.4 Å². The van der Waals surface area contributed by atoms with Crippen molar-refractivity contribution in [2.45, 2.75) is 43.7 Å². The van der Waals surface area contributed by atoms with E-state index in [1.54, 1.807) is 43.9 Å². The van der Waals surface area contributed by atoms with E-state index < -0.39 is 27.4 Å². The van der Waals surface area contributed by atoms with Gasteiger partial charge in [0.25, 0.3) is 0 Å². The molecule has 0 aromatic heterocycles. The number of rotatable bonds is 4. The first-order valence-corrected chi connectivity index (χ1v) is 12.7. The highest BCUT2D eigenvalue weighted by molar-refractivity contribution is 7.89. The van der Waals surface area contributed by atoms with Crippen LogP contribution in [-0.4, -0.2) is 67.2 Å². The van der Waals surface area contributed by atoms with Crippen molar-refractivity contribution in [2.75, 3.05) is 36.4 Å². The minimum absolute atomic E-state index is 0.0455. The molecule has 2 heterocycles. The maximum Gasteiger partial charge on any atom is 0.250 e. The van der Waals surface area contributed by atoms with E-state index in [4.69, 9.17) is 0 Å². The monoisotopic (exact) mass is 488 g/mol. The van der Waals surface area contributed by atoms with Crippen LogP contribution in [-0.2, 0) is 19.6 Å². The van der Waals surface area contributed by atoms with Crippen molar-refractivity contribution in [3.8, 4) is 0 Å². The number of benzene rings is 2. The van der Waals surface area contributed by atoms with Crippen LogP contribution in [0, 0.1) is 5.82 Å². The molecule has 2 amide bonds. The van der Waals surface area contributed by atoms with Gasteiger partial charge in [0.05, 0.1) is 22.3 Å². The van der Waals surface area contributed by atoms with Crippen LogP contribution >= 0.6 is 0 Å². The van der Waals surface area contributed by atoms with E-state index in [1.807, 2.05) is 11.0 Å². The number of carbonyl (C=O) groups is 2. The highest BCUT2D eigenvalue weighted by Crippen LogP contribution is 2.37. The smallest absolute Gasteiger partial charge is 0.250 e. The van der Waals surface area contributed by atoms with Crippen molar-refractivity contribution in [1.29, 1.82) is 0 Å². The number of nitrogens with zero attached hydrogens (tertiary/aromatic N) is 3. The molecule has 2 aromatic carbocycles. The second kappa shape index (κ2) is 9.09.